The largest absolute Gasteiger partial charge is 0.507 e. The normalized spacial score (nSPS) is 18.3. The Morgan fingerprint density at radius 2 is 0.837 bits per heavy atom. The fourth-order valence-electron chi connectivity index (χ4n) is 18.4. The zero-order valence-electron chi connectivity index (χ0n) is 73.4. The van der Waals surface area contributed by atoms with Gasteiger partial charge in [-0.3, -0.25) is 15.0 Å². The Balaban J connectivity index is 0.000000141. The fraction of sp³-hybridized carbons (Fsp3) is 0.471. The third-order valence-corrected chi connectivity index (χ3v) is 27.2. The molecule has 4 aliphatic heterocycles. The lowest BCUT2D eigenvalue weighted by Gasteiger charge is -2.48. The quantitative estimate of drug-likeness (QED) is 0.0403. The highest BCUT2D eigenvalue weighted by atomic mass is 35.5. The number of halogens is 4. The van der Waals surface area contributed by atoms with E-state index in [2.05, 4.69) is 237 Å². The number of aromatic amines is 3. The molecule has 4 aliphatic rings. The molecule has 0 amide bonds. The van der Waals surface area contributed by atoms with Crippen molar-refractivity contribution < 1.29 is 28.5 Å². The van der Waals surface area contributed by atoms with Crippen LogP contribution in [-0.2, 0) is 0 Å². The minimum atomic E-state index is -1.16. The highest BCUT2D eigenvalue weighted by molar-refractivity contribution is 7.19. The number of piperidine rings is 4. The van der Waals surface area contributed by atoms with Crippen molar-refractivity contribution in [3.05, 3.63) is 143 Å². The van der Waals surface area contributed by atoms with Crippen LogP contribution in [0.25, 0.3) is 81.4 Å². The summed E-state index contributed by atoms with van der Waals surface area (Å²) in [7, 11) is 9.96. The van der Waals surface area contributed by atoms with Gasteiger partial charge in [0.15, 0.2) is 31.7 Å². The van der Waals surface area contributed by atoms with E-state index in [0.717, 1.165) is 106 Å². The number of phenolic OH excluding ortho intramolecular Hbond substituents is 3. The van der Waals surface area contributed by atoms with Crippen LogP contribution in [0.2, 0.25) is 5.02 Å². The Labute approximate surface area is 736 Å². The van der Waals surface area contributed by atoms with Gasteiger partial charge < -0.3 is 66.5 Å². The minimum Gasteiger partial charge on any atom is -0.507 e. The van der Waals surface area contributed by atoms with Crippen molar-refractivity contribution in [3.63, 3.8) is 0 Å². The molecule has 12 heterocycles. The molecule has 0 unspecified atom stereocenters. The van der Waals surface area contributed by atoms with Crippen molar-refractivity contribution in [2.24, 2.45) is 0 Å². The highest BCUT2D eigenvalue weighted by Crippen LogP contribution is 2.47. The Bertz CT molecular complexity index is 5650. The molecule has 4 fully saturated rings. The lowest BCUT2D eigenvalue weighted by atomic mass is 9.79. The molecule has 4 saturated heterocycles. The number of nitrogens with zero attached hydrogens (tertiary/aromatic N) is 16. The van der Waals surface area contributed by atoms with Gasteiger partial charge in [-0.1, -0.05) is 63.0 Å². The lowest BCUT2D eigenvalue weighted by Crippen LogP contribution is -2.61. The summed E-state index contributed by atoms with van der Waals surface area (Å²) in [4.78, 5) is 22.7. The average Bonchev–Trinajstić information content (AvgIpc) is 1.73. The van der Waals surface area contributed by atoms with Crippen molar-refractivity contribution in [1.82, 2.24) is 97.2 Å². The molecular weight excluding hydrogens is 1670 g/mol. The third kappa shape index (κ3) is 21.5. The second-order valence-corrected chi connectivity index (χ2v) is 42.1. The predicted molar refractivity (Wildman–Crippen MR) is 490 cm³/mol. The number of H-pyrrole nitrogens is 3. The summed E-state index contributed by atoms with van der Waals surface area (Å²) in [6.45, 7) is 35.5. The van der Waals surface area contributed by atoms with E-state index >= 15 is 0 Å². The van der Waals surface area contributed by atoms with E-state index in [4.69, 9.17) is 11.6 Å². The number of hydrogen-bond donors (Lipinski definition) is 11. The standard InChI is InChI=1S/C23H28ClN5OS.C22H31N7OS.C21H26F2N6OS.C21H27FN6OS/c1-22(2)11-16(12-23(3,4)28-22)29(5)21-27-26-20(31-21)17-8-6-14(10-18(17)24)15-7-9-19(30)25-13-15;1-21(2)12-15(13-22(3,4)27-21)28(6)20-25-24-19(31-20)16-8-7-14(11-17(16)30)29-10-9-18(23-5)26-29;1-20(2)7-12(8-21(3,4)28-20)29(5)19-27-26-18(31-19)15-14(30)6-13(16(22)17(15)23)11-9-24-25-10-11;1-20(2)8-14(9-21(3,4)27-20)28(5)19-26-25-18(30-19)17-15(22)6-12(7-16(17)29)13-10-23-24-11-13/h6-10,13,16,28H,11-12H2,1-5H3,(H,25,30);7-11,15,27,30H,12-13H2,1-6H3,(H,23,26);6,9-10,12,28,30H,7-8H2,1-5H3,(H,24,25);6-7,10-11,14,27,29H,8-9H2,1-5H3,(H,23,24). The summed E-state index contributed by atoms with van der Waals surface area (Å²) in [5.74, 6) is -2.41. The first-order valence-corrected chi connectivity index (χ1v) is 44.5. The zero-order chi connectivity index (χ0) is 89.0. The van der Waals surface area contributed by atoms with E-state index in [1.54, 1.807) is 46.7 Å². The van der Waals surface area contributed by atoms with E-state index in [0.29, 0.717) is 59.6 Å². The van der Waals surface area contributed by atoms with Crippen molar-refractivity contribution in [2.75, 3.05) is 60.2 Å². The van der Waals surface area contributed by atoms with Crippen LogP contribution in [0.15, 0.2) is 115 Å². The fourth-order valence-corrected chi connectivity index (χ4v) is 22.4. The Morgan fingerprint density at radius 3 is 1.24 bits per heavy atom. The molecule has 123 heavy (non-hydrogen) atoms. The van der Waals surface area contributed by atoms with Gasteiger partial charge in [0, 0.05) is 169 Å². The highest BCUT2D eigenvalue weighted by Gasteiger charge is 2.45. The summed E-state index contributed by atoms with van der Waals surface area (Å²) in [5.41, 5.74) is 5.47. The number of aromatic hydroxyl groups is 3. The van der Waals surface area contributed by atoms with Crippen LogP contribution in [0.4, 0.5) is 39.5 Å². The SMILES string of the molecule is CN(c1nnc(-c2c(O)cc(-c3cn[nH]c3)c(F)c2F)s1)C1CC(C)(C)NC(C)(C)C1.CN(c1nnc(-c2c(O)cc(-c3cn[nH]c3)cc2F)s1)C1CC(C)(C)NC(C)(C)C1.CN(c1nnc(-c2ccc(-c3ccc(=O)[nH]c3)cc2Cl)s1)C1CC(C)(C)NC(C)(C)C1.CNc1ccn(-c2ccc(-c3nnc(N(C)C4CC(C)(C)NC(C)(C)C4)s3)c(O)c2)n1. The first-order chi connectivity index (χ1) is 57.6. The number of rotatable bonds is 17. The molecule has 0 aliphatic carbocycles. The second-order valence-electron chi connectivity index (χ2n) is 37.8. The second kappa shape index (κ2) is 35.2. The molecular formula is C87H112ClF3N24O4S4. The van der Waals surface area contributed by atoms with E-state index in [9.17, 15) is 33.3 Å². The predicted octanol–water partition coefficient (Wildman–Crippen LogP) is 17.4. The third-order valence-electron chi connectivity index (χ3n) is 22.7. The van der Waals surface area contributed by atoms with Gasteiger partial charge in [0.1, 0.15) is 28.9 Å². The van der Waals surface area contributed by atoms with Gasteiger partial charge in [0.2, 0.25) is 26.1 Å². The van der Waals surface area contributed by atoms with Crippen molar-refractivity contribution in [1.29, 1.82) is 0 Å². The van der Waals surface area contributed by atoms with Crippen LogP contribution in [0.1, 0.15) is 162 Å². The van der Waals surface area contributed by atoms with Gasteiger partial charge in [0.25, 0.3) is 0 Å². The topological polar surface area (TPSA) is 345 Å². The summed E-state index contributed by atoms with van der Waals surface area (Å²) < 4.78 is 46.3. The van der Waals surface area contributed by atoms with Crippen LogP contribution < -0.4 is 51.7 Å². The van der Waals surface area contributed by atoms with Gasteiger partial charge in [-0.25, -0.2) is 17.9 Å². The minimum absolute atomic E-state index is 0.00147. The number of hydrogen-bond acceptors (Lipinski definition) is 28. The van der Waals surface area contributed by atoms with E-state index in [-0.39, 0.29) is 95.2 Å². The Kier molecular flexibility index (Phi) is 26.0. The molecule has 0 saturated carbocycles. The number of anilines is 5. The van der Waals surface area contributed by atoms with Crippen molar-refractivity contribution in [3.8, 4) is 98.6 Å². The van der Waals surface area contributed by atoms with Crippen LogP contribution in [-0.4, -0.2) is 195 Å². The summed E-state index contributed by atoms with van der Waals surface area (Å²) in [6, 6.07) is 21.8. The molecule has 4 aromatic carbocycles. The van der Waals surface area contributed by atoms with E-state index < -0.39 is 23.2 Å². The first kappa shape index (κ1) is 90.7. The summed E-state index contributed by atoms with van der Waals surface area (Å²) in [6.07, 6.45) is 17.4. The van der Waals surface area contributed by atoms with Gasteiger partial charge in [-0.05, 0) is 227 Å². The number of phenols is 3. The molecule has 28 nitrogen and oxygen atoms in total. The molecule has 0 radical (unpaired) electrons. The molecule has 36 heteroatoms. The van der Waals surface area contributed by atoms with Crippen LogP contribution >= 0.6 is 56.9 Å². The molecule has 12 aromatic rings. The van der Waals surface area contributed by atoms with Crippen LogP contribution in [0.3, 0.4) is 0 Å². The monoisotopic (exact) mass is 1780 g/mol. The van der Waals surface area contributed by atoms with Crippen LogP contribution in [0.5, 0.6) is 17.2 Å². The number of pyridine rings is 1. The molecule has 656 valence electrons. The van der Waals surface area contributed by atoms with Crippen LogP contribution in [0, 0.1) is 17.5 Å². The van der Waals surface area contributed by atoms with Crippen molar-refractivity contribution in [2.45, 2.75) is 231 Å². The molecule has 0 spiro atoms. The maximum Gasteiger partial charge on any atom is 0.247 e. The lowest BCUT2D eigenvalue weighted by molar-refractivity contribution is 0.160. The molecule has 11 N–H and O–H groups in total. The van der Waals surface area contributed by atoms with Crippen molar-refractivity contribution >= 4 is 83.3 Å². The van der Waals surface area contributed by atoms with Gasteiger partial charge >= 0.3 is 0 Å². The Hall–Kier alpha value is -9.98. The zero-order valence-corrected chi connectivity index (χ0v) is 77.4. The van der Waals surface area contributed by atoms with Gasteiger partial charge in [0.05, 0.1) is 39.8 Å². The van der Waals surface area contributed by atoms with E-state index in [1.165, 1.54) is 59.3 Å². The smallest absolute Gasteiger partial charge is 0.247 e. The molecule has 8 aromatic heterocycles. The molecule has 0 bridgehead atoms. The number of aromatic nitrogens is 15. The Morgan fingerprint density at radius 1 is 0.431 bits per heavy atom. The molecule has 0 atom stereocenters. The number of benzene rings is 4. The van der Waals surface area contributed by atoms with Gasteiger partial charge in [-0.2, -0.15) is 15.3 Å². The average molecular weight is 1780 g/mol. The van der Waals surface area contributed by atoms with E-state index in [1.807, 2.05) is 68.6 Å². The maximum atomic E-state index is 14.9. The number of nitrogens with one attached hydrogen (secondary N) is 8. The summed E-state index contributed by atoms with van der Waals surface area (Å²) in [5, 5.41) is 107. The molecule has 16 rings (SSSR count). The summed E-state index contributed by atoms with van der Waals surface area (Å²) >= 11 is 12.1. The first-order valence-electron chi connectivity index (χ1n) is 40.8. The van der Waals surface area contributed by atoms with Gasteiger partial charge in [-0.15, -0.1) is 40.8 Å². The maximum absolute atomic E-state index is 14.9.